The first-order valence-corrected chi connectivity index (χ1v) is 12.0. The fourth-order valence-electron chi connectivity index (χ4n) is 3.02. The van der Waals surface area contributed by atoms with Gasteiger partial charge in [-0.25, -0.2) is 0 Å². The molecule has 0 aliphatic rings. The van der Waals surface area contributed by atoms with Crippen molar-refractivity contribution >= 4 is 10.1 Å². The van der Waals surface area contributed by atoms with E-state index >= 15 is 0 Å². The number of hydrogen-bond donors (Lipinski definition) is 0. The normalized spacial score (nSPS) is 11.8. The van der Waals surface area contributed by atoms with Crippen LogP contribution in [0.1, 0.15) is 96.5 Å². The van der Waals surface area contributed by atoms with Gasteiger partial charge in [-0.3, -0.25) is 4.18 Å². The zero-order valence-electron chi connectivity index (χ0n) is 16.8. The van der Waals surface area contributed by atoms with Crippen molar-refractivity contribution in [2.24, 2.45) is 0 Å². The molecule has 0 amide bonds. The lowest BCUT2D eigenvalue weighted by Gasteiger charge is -2.07. The summed E-state index contributed by atoms with van der Waals surface area (Å²) in [5, 5.41) is 0. The molecule has 0 aliphatic heterocycles. The number of aryl methyl sites for hydroxylation is 1. The van der Waals surface area contributed by atoms with E-state index in [1.165, 1.54) is 69.8 Å². The third-order valence-corrected chi connectivity index (χ3v) is 6.09. The van der Waals surface area contributed by atoms with Gasteiger partial charge in [0.1, 0.15) is 0 Å². The average molecular weight is 383 g/mol. The highest BCUT2D eigenvalue weighted by atomic mass is 32.2. The maximum atomic E-state index is 12.0. The predicted molar refractivity (Wildman–Crippen MR) is 110 cm³/mol. The van der Waals surface area contributed by atoms with Crippen LogP contribution in [0.3, 0.4) is 0 Å². The maximum absolute atomic E-state index is 12.0. The van der Waals surface area contributed by atoms with E-state index in [2.05, 4.69) is 6.92 Å². The van der Waals surface area contributed by atoms with E-state index in [0.717, 1.165) is 19.3 Å². The molecule has 0 fully saturated rings. The van der Waals surface area contributed by atoms with Crippen molar-refractivity contribution in [1.29, 1.82) is 0 Å². The van der Waals surface area contributed by atoms with Gasteiger partial charge in [-0.2, -0.15) is 8.42 Å². The zero-order valence-corrected chi connectivity index (χ0v) is 17.7. The van der Waals surface area contributed by atoms with Gasteiger partial charge in [0.2, 0.25) is 0 Å². The van der Waals surface area contributed by atoms with E-state index in [1.54, 1.807) is 12.1 Å². The standard InChI is InChI=1S/C22H38O3S/c1-3-5-7-8-9-10-11-12-13-14-15-21-16-18-22(19-17-21)26(23,24)25-20-6-4-2/h16-19H,3-15,20H2,1-2H3. The Balaban J connectivity index is 2.17. The molecule has 0 N–H and O–H groups in total. The lowest BCUT2D eigenvalue weighted by molar-refractivity contribution is 0.311. The van der Waals surface area contributed by atoms with Crippen LogP contribution >= 0.6 is 0 Å². The van der Waals surface area contributed by atoms with Crippen molar-refractivity contribution in [2.45, 2.75) is 102 Å². The summed E-state index contributed by atoms with van der Waals surface area (Å²) in [6.07, 6.45) is 16.0. The van der Waals surface area contributed by atoms with E-state index < -0.39 is 10.1 Å². The number of hydrogen-bond acceptors (Lipinski definition) is 3. The lowest BCUT2D eigenvalue weighted by Crippen LogP contribution is -2.07. The Labute approximate surface area is 161 Å². The summed E-state index contributed by atoms with van der Waals surface area (Å²) in [7, 11) is -3.59. The molecule has 0 aliphatic carbocycles. The minimum absolute atomic E-state index is 0.263. The van der Waals surface area contributed by atoms with Gasteiger partial charge < -0.3 is 0 Å². The Bertz CT molecular complexity index is 549. The summed E-state index contributed by atoms with van der Waals surface area (Å²) in [6, 6.07) is 7.19. The fraction of sp³-hybridized carbons (Fsp3) is 0.727. The van der Waals surface area contributed by atoms with Crippen molar-refractivity contribution in [3.8, 4) is 0 Å². The minimum Gasteiger partial charge on any atom is -0.266 e. The average Bonchev–Trinajstić information content (AvgIpc) is 2.64. The second-order valence-electron chi connectivity index (χ2n) is 7.21. The van der Waals surface area contributed by atoms with Gasteiger partial charge in [0.15, 0.2) is 0 Å². The smallest absolute Gasteiger partial charge is 0.266 e. The van der Waals surface area contributed by atoms with E-state index in [0.29, 0.717) is 0 Å². The monoisotopic (exact) mass is 382 g/mol. The van der Waals surface area contributed by atoms with Crippen LogP contribution in [0.2, 0.25) is 0 Å². The van der Waals surface area contributed by atoms with E-state index in [1.807, 2.05) is 19.1 Å². The summed E-state index contributed by atoms with van der Waals surface area (Å²) in [4.78, 5) is 0.264. The number of rotatable bonds is 16. The highest BCUT2D eigenvalue weighted by Crippen LogP contribution is 2.16. The van der Waals surface area contributed by atoms with Crippen LogP contribution in [0, 0.1) is 0 Å². The SMILES string of the molecule is CCCCCCCCCCCCc1ccc(S(=O)(=O)OCCCC)cc1. The molecular formula is C22H38O3S. The summed E-state index contributed by atoms with van der Waals surface area (Å²) in [5.41, 5.74) is 1.21. The molecule has 0 unspecified atom stereocenters. The molecule has 0 bridgehead atoms. The Morgan fingerprint density at radius 1 is 0.692 bits per heavy atom. The Kier molecular flexibility index (Phi) is 12.7. The van der Waals surface area contributed by atoms with Crippen LogP contribution in [0.25, 0.3) is 0 Å². The molecule has 0 saturated heterocycles. The van der Waals surface area contributed by atoms with E-state index in [4.69, 9.17) is 4.18 Å². The first-order valence-electron chi connectivity index (χ1n) is 10.6. The van der Waals surface area contributed by atoms with Gasteiger partial charge in [0.25, 0.3) is 10.1 Å². The second kappa shape index (κ2) is 14.2. The molecule has 0 spiro atoms. The van der Waals surface area contributed by atoms with Gasteiger partial charge in [0.05, 0.1) is 11.5 Å². The van der Waals surface area contributed by atoms with Crippen molar-refractivity contribution in [3.63, 3.8) is 0 Å². The van der Waals surface area contributed by atoms with Crippen LogP contribution in [-0.2, 0) is 20.7 Å². The van der Waals surface area contributed by atoms with Crippen molar-refractivity contribution in [2.75, 3.05) is 6.61 Å². The minimum atomic E-state index is -3.59. The molecule has 0 radical (unpaired) electrons. The van der Waals surface area contributed by atoms with Gasteiger partial charge in [-0.05, 0) is 37.0 Å². The Morgan fingerprint density at radius 2 is 1.19 bits per heavy atom. The zero-order chi connectivity index (χ0) is 19.1. The number of unbranched alkanes of at least 4 members (excludes halogenated alkanes) is 10. The quantitative estimate of drug-likeness (QED) is 0.237. The highest BCUT2D eigenvalue weighted by molar-refractivity contribution is 7.86. The van der Waals surface area contributed by atoms with Gasteiger partial charge in [-0.1, -0.05) is 90.2 Å². The van der Waals surface area contributed by atoms with E-state index in [9.17, 15) is 8.42 Å². The van der Waals surface area contributed by atoms with Crippen LogP contribution in [-0.4, -0.2) is 15.0 Å². The Hall–Kier alpha value is -0.870. The first-order chi connectivity index (χ1) is 12.6. The molecule has 1 aromatic carbocycles. The molecule has 1 rings (SSSR count). The van der Waals surface area contributed by atoms with Crippen LogP contribution in [0.4, 0.5) is 0 Å². The third-order valence-electron chi connectivity index (χ3n) is 4.77. The molecule has 1 aromatic rings. The van der Waals surface area contributed by atoms with Gasteiger partial charge in [0, 0.05) is 0 Å². The predicted octanol–water partition coefficient (Wildman–Crippen LogP) is 6.66. The van der Waals surface area contributed by atoms with Crippen LogP contribution in [0.15, 0.2) is 29.2 Å². The largest absolute Gasteiger partial charge is 0.296 e. The van der Waals surface area contributed by atoms with Crippen molar-refractivity contribution < 1.29 is 12.6 Å². The summed E-state index contributed by atoms with van der Waals surface area (Å²) >= 11 is 0. The van der Waals surface area contributed by atoms with Crippen molar-refractivity contribution in [3.05, 3.63) is 29.8 Å². The van der Waals surface area contributed by atoms with Crippen LogP contribution < -0.4 is 0 Å². The summed E-state index contributed by atoms with van der Waals surface area (Å²) in [5.74, 6) is 0. The van der Waals surface area contributed by atoms with Gasteiger partial charge in [-0.15, -0.1) is 0 Å². The summed E-state index contributed by atoms with van der Waals surface area (Å²) in [6.45, 7) is 4.53. The molecule has 26 heavy (non-hydrogen) atoms. The molecule has 0 heterocycles. The molecule has 3 nitrogen and oxygen atoms in total. The second-order valence-corrected chi connectivity index (χ2v) is 8.82. The fourth-order valence-corrected chi connectivity index (χ4v) is 3.96. The highest BCUT2D eigenvalue weighted by Gasteiger charge is 2.14. The molecule has 0 saturated carbocycles. The van der Waals surface area contributed by atoms with Gasteiger partial charge >= 0.3 is 0 Å². The molecule has 0 atom stereocenters. The molecule has 0 aromatic heterocycles. The molecular weight excluding hydrogens is 344 g/mol. The van der Waals surface area contributed by atoms with Crippen LogP contribution in [0.5, 0.6) is 0 Å². The first kappa shape index (κ1) is 23.2. The lowest BCUT2D eigenvalue weighted by atomic mass is 10.0. The molecule has 4 heteroatoms. The van der Waals surface area contributed by atoms with E-state index in [-0.39, 0.29) is 11.5 Å². The number of benzene rings is 1. The maximum Gasteiger partial charge on any atom is 0.296 e. The van der Waals surface area contributed by atoms with Crippen molar-refractivity contribution in [1.82, 2.24) is 0 Å². The summed E-state index contributed by atoms with van der Waals surface area (Å²) < 4.78 is 29.1. The topological polar surface area (TPSA) is 43.4 Å². The third kappa shape index (κ3) is 10.3. The molecule has 150 valence electrons. The Morgan fingerprint density at radius 3 is 1.73 bits per heavy atom.